The van der Waals surface area contributed by atoms with Gasteiger partial charge in [-0.3, -0.25) is 0 Å². The zero-order valence-corrected chi connectivity index (χ0v) is 10.0. The summed E-state index contributed by atoms with van der Waals surface area (Å²) in [6, 6.07) is 0. The Bertz CT molecular complexity index is 203. The van der Waals surface area contributed by atoms with Gasteiger partial charge in [-0.15, -0.1) is 0 Å². The van der Waals surface area contributed by atoms with E-state index in [9.17, 15) is 0 Å². The van der Waals surface area contributed by atoms with Crippen molar-refractivity contribution in [3.8, 4) is 0 Å². The zero-order chi connectivity index (χ0) is 10.2. The third-order valence-corrected chi connectivity index (χ3v) is 5.16. The summed E-state index contributed by atoms with van der Waals surface area (Å²) in [5.41, 5.74) is 1.23. The summed E-state index contributed by atoms with van der Waals surface area (Å²) in [5, 5.41) is 3.54. The van der Waals surface area contributed by atoms with Crippen LogP contribution in [0, 0.1) is 16.7 Å². The van der Waals surface area contributed by atoms with Crippen molar-refractivity contribution < 1.29 is 0 Å². The minimum absolute atomic E-state index is 0.576. The lowest BCUT2D eigenvalue weighted by atomic mass is 9.51. The Morgan fingerprint density at radius 3 is 2.43 bits per heavy atom. The van der Waals surface area contributed by atoms with Crippen LogP contribution in [0.25, 0.3) is 0 Å². The molecule has 0 radical (unpaired) electrons. The molecule has 2 fully saturated rings. The predicted molar refractivity (Wildman–Crippen MR) is 61.3 cm³/mol. The molecule has 0 aromatic heterocycles. The molecule has 2 aliphatic rings. The molecule has 0 aromatic rings. The SMILES string of the molecule is CC1CNCCC12CCCCC2(C)C. The molecule has 2 rings (SSSR count). The maximum Gasteiger partial charge on any atom is -0.00176 e. The van der Waals surface area contributed by atoms with Gasteiger partial charge in [0.1, 0.15) is 0 Å². The summed E-state index contributed by atoms with van der Waals surface area (Å²) in [6.07, 6.45) is 7.24. The van der Waals surface area contributed by atoms with Crippen LogP contribution in [0.2, 0.25) is 0 Å². The summed E-state index contributed by atoms with van der Waals surface area (Å²) in [5.74, 6) is 0.867. The molecular weight excluding hydrogens is 170 g/mol. The number of hydrogen-bond donors (Lipinski definition) is 1. The molecule has 1 N–H and O–H groups in total. The van der Waals surface area contributed by atoms with Crippen molar-refractivity contribution in [3.05, 3.63) is 0 Å². The number of rotatable bonds is 0. The fourth-order valence-electron chi connectivity index (χ4n) is 4.04. The molecule has 1 aliphatic heterocycles. The largest absolute Gasteiger partial charge is 0.316 e. The van der Waals surface area contributed by atoms with E-state index in [-0.39, 0.29) is 0 Å². The first-order chi connectivity index (χ1) is 6.58. The Labute approximate surface area is 88.7 Å². The first kappa shape index (κ1) is 10.5. The summed E-state index contributed by atoms with van der Waals surface area (Å²) in [7, 11) is 0. The van der Waals surface area contributed by atoms with Gasteiger partial charge in [0.2, 0.25) is 0 Å². The van der Waals surface area contributed by atoms with Crippen molar-refractivity contribution in [2.75, 3.05) is 13.1 Å². The molecule has 0 aromatic carbocycles. The molecule has 14 heavy (non-hydrogen) atoms. The van der Waals surface area contributed by atoms with Crippen LogP contribution in [0.1, 0.15) is 52.9 Å². The average molecular weight is 195 g/mol. The Balaban J connectivity index is 2.25. The van der Waals surface area contributed by atoms with Crippen LogP contribution in [-0.4, -0.2) is 13.1 Å². The van der Waals surface area contributed by atoms with Crippen molar-refractivity contribution in [2.45, 2.75) is 52.9 Å². The molecule has 2 unspecified atom stereocenters. The van der Waals surface area contributed by atoms with E-state index < -0.39 is 0 Å². The quantitative estimate of drug-likeness (QED) is 0.626. The highest BCUT2D eigenvalue weighted by Crippen LogP contribution is 2.57. The van der Waals surface area contributed by atoms with Crippen LogP contribution < -0.4 is 5.32 Å². The molecule has 1 spiro atoms. The summed E-state index contributed by atoms with van der Waals surface area (Å²) in [6.45, 7) is 9.96. The molecule has 2 atom stereocenters. The van der Waals surface area contributed by atoms with E-state index in [4.69, 9.17) is 0 Å². The standard InChI is InChI=1S/C13H25N/c1-11-10-14-9-8-13(11)7-5-4-6-12(13,2)3/h11,14H,4-10H2,1-3H3. The van der Waals surface area contributed by atoms with E-state index in [0.29, 0.717) is 10.8 Å². The van der Waals surface area contributed by atoms with Gasteiger partial charge in [-0.1, -0.05) is 33.6 Å². The minimum atomic E-state index is 0.576. The van der Waals surface area contributed by atoms with Crippen LogP contribution in [0.5, 0.6) is 0 Å². The third kappa shape index (κ3) is 1.41. The molecule has 1 saturated carbocycles. The molecule has 1 heterocycles. The smallest absolute Gasteiger partial charge is 0.00176 e. The zero-order valence-electron chi connectivity index (χ0n) is 10.0. The van der Waals surface area contributed by atoms with E-state index in [1.807, 2.05) is 0 Å². The summed E-state index contributed by atoms with van der Waals surface area (Å²) >= 11 is 0. The van der Waals surface area contributed by atoms with Crippen molar-refractivity contribution in [1.29, 1.82) is 0 Å². The van der Waals surface area contributed by atoms with Crippen LogP contribution >= 0.6 is 0 Å². The van der Waals surface area contributed by atoms with E-state index in [0.717, 1.165) is 5.92 Å². The monoisotopic (exact) mass is 195 g/mol. The van der Waals surface area contributed by atoms with E-state index in [1.54, 1.807) is 0 Å². The molecular formula is C13H25N. The molecule has 1 nitrogen and oxygen atoms in total. The van der Waals surface area contributed by atoms with Gasteiger partial charge in [0.25, 0.3) is 0 Å². The molecule has 82 valence electrons. The van der Waals surface area contributed by atoms with Gasteiger partial charge in [-0.2, -0.15) is 0 Å². The van der Waals surface area contributed by atoms with E-state index in [1.165, 1.54) is 45.2 Å². The van der Waals surface area contributed by atoms with E-state index >= 15 is 0 Å². The Kier molecular flexibility index (Phi) is 2.63. The highest BCUT2D eigenvalue weighted by Gasteiger charge is 2.50. The van der Waals surface area contributed by atoms with E-state index in [2.05, 4.69) is 26.1 Å². The van der Waals surface area contributed by atoms with Crippen molar-refractivity contribution in [1.82, 2.24) is 5.32 Å². The summed E-state index contributed by atoms with van der Waals surface area (Å²) in [4.78, 5) is 0. The predicted octanol–water partition coefficient (Wildman–Crippen LogP) is 3.20. The Morgan fingerprint density at radius 1 is 1.07 bits per heavy atom. The van der Waals surface area contributed by atoms with Crippen LogP contribution in [0.15, 0.2) is 0 Å². The molecule has 0 amide bonds. The van der Waals surface area contributed by atoms with Gasteiger partial charge in [-0.05, 0) is 49.1 Å². The highest BCUT2D eigenvalue weighted by molar-refractivity contribution is 5.01. The highest BCUT2D eigenvalue weighted by atomic mass is 14.9. The van der Waals surface area contributed by atoms with Crippen LogP contribution in [0.4, 0.5) is 0 Å². The lowest BCUT2D eigenvalue weighted by Crippen LogP contribution is -2.53. The summed E-state index contributed by atoms with van der Waals surface area (Å²) < 4.78 is 0. The second-order valence-electron chi connectivity index (χ2n) is 6.10. The van der Waals surface area contributed by atoms with Gasteiger partial charge >= 0.3 is 0 Å². The van der Waals surface area contributed by atoms with Crippen molar-refractivity contribution >= 4 is 0 Å². The maximum atomic E-state index is 3.54. The fraction of sp³-hybridized carbons (Fsp3) is 1.00. The molecule has 1 heteroatoms. The Morgan fingerprint density at radius 2 is 1.79 bits per heavy atom. The van der Waals surface area contributed by atoms with Crippen LogP contribution in [0.3, 0.4) is 0 Å². The lowest BCUT2D eigenvalue weighted by Gasteiger charge is -2.56. The first-order valence-corrected chi connectivity index (χ1v) is 6.29. The molecule has 1 aliphatic carbocycles. The first-order valence-electron chi connectivity index (χ1n) is 6.29. The number of hydrogen-bond acceptors (Lipinski definition) is 1. The molecule has 1 saturated heterocycles. The van der Waals surface area contributed by atoms with Gasteiger partial charge in [0.15, 0.2) is 0 Å². The second kappa shape index (κ2) is 3.52. The van der Waals surface area contributed by atoms with Crippen molar-refractivity contribution in [2.24, 2.45) is 16.7 Å². The number of nitrogens with one attached hydrogen (secondary N) is 1. The topological polar surface area (TPSA) is 12.0 Å². The minimum Gasteiger partial charge on any atom is -0.316 e. The lowest BCUT2D eigenvalue weighted by molar-refractivity contribution is -0.0542. The number of piperidine rings is 1. The van der Waals surface area contributed by atoms with Crippen molar-refractivity contribution in [3.63, 3.8) is 0 Å². The molecule has 0 bridgehead atoms. The Hall–Kier alpha value is -0.0400. The second-order valence-corrected chi connectivity index (χ2v) is 6.10. The maximum absolute atomic E-state index is 3.54. The normalized spacial score (nSPS) is 42.6. The average Bonchev–Trinajstić information content (AvgIpc) is 2.14. The van der Waals surface area contributed by atoms with Gasteiger partial charge < -0.3 is 5.32 Å². The van der Waals surface area contributed by atoms with Gasteiger partial charge in [-0.25, -0.2) is 0 Å². The van der Waals surface area contributed by atoms with Gasteiger partial charge in [0.05, 0.1) is 0 Å². The van der Waals surface area contributed by atoms with Crippen LogP contribution in [-0.2, 0) is 0 Å². The van der Waals surface area contributed by atoms with Gasteiger partial charge in [0, 0.05) is 0 Å². The third-order valence-electron chi connectivity index (χ3n) is 5.16. The fourth-order valence-corrected chi connectivity index (χ4v) is 4.04.